The minimum Gasteiger partial charge on any atom is -0.494 e. The Balaban J connectivity index is 1.81. The van der Waals surface area contributed by atoms with Crippen LogP contribution in [0.25, 0.3) is 10.8 Å². The number of rotatable bonds is 7. The summed E-state index contributed by atoms with van der Waals surface area (Å²) in [6.45, 7) is 2.04. The molecule has 0 spiro atoms. The van der Waals surface area contributed by atoms with Crippen LogP contribution in [0.15, 0.2) is 59.1 Å². The maximum absolute atomic E-state index is 12.9. The summed E-state index contributed by atoms with van der Waals surface area (Å²) in [6, 6.07) is 16.6. The van der Waals surface area contributed by atoms with Gasteiger partial charge in [-0.15, -0.1) is 0 Å². The molecule has 0 aliphatic heterocycles. The highest BCUT2D eigenvalue weighted by atomic mass is 79.9. The molecule has 0 fully saturated rings. The Morgan fingerprint density at radius 3 is 2.52 bits per heavy atom. The van der Waals surface area contributed by atoms with Gasteiger partial charge in [0.05, 0.1) is 12.8 Å². The van der Waals surface area contributed by atoms with Crippen LogP contribution in [0.1, 0.15) is 36.5 Å². The largest absolute Gasteiger partial charge is 0.494 e. The summed E-state index contributed by atoms with van der Waals surface area (Å²) < 4.78 is 6.33. The highest BCUT2D eigenvalue weighted by Crippen LogP contribution is 2.30. The quantitative estimate of drug-likeness (QED) is 0.460. The number of anilines is 2. The Hall–Kier alpha value is -2.86. The third-order valence-corrected chi connectivity index (χ3v) is 5.30. The topological polar surface area (TPSA) is 67.4 Å². The lowest BCUT2D eigenvalue weighted by atomic mass is 10.0. The van der Waals surface area contributed by atoms with Gasteiger partial charge in [-0.25, -0.2) is 0 Å². The van der Waals surface area contributed by atoms with Gasteiger partial charge in [0.1, 0.15) is 5.75 Å². The number of hydrogen-bond acceptors (Lipinski definition) is 3. The van der Waals surface area contributed by atoms with E-state index in [0.29, 0.717) is 29.1 Å². The fourth-order valence-electron chi connectivity index (χ4n) is 3.09. The Labute approximate surface area is 178 Å². The van der Waals surface area contributed by atoms with Crippen LogP contribution < -0.4 is 15.4 Å². The van der Waals surface area contributed by atoms with Crippen molar-refractivity contribution in [3.05, 3.63) is 64.6 Å². The highest BCUT2D eigenvalue weighted by molar-refractivity contribution is 9.10. The van der Waals surface area contributed by atoms with E-state index in [4.69, 9.17) is 4.74 Å². The molecule has 3 rings (SSSR count). The number of halogens is 1. The van der Waals surface area contributed by atoms with Crippen LogP contribution in [0.4, 0.5) is 11.4 Å². The lowest BCUT2D eigenvalue weighted by molar-refractivity contribution is -0.116. The Morgan fingerprint density at radius 1 is 1.00 bits per heavy atom. The average Bonchev–Trinajstić information content (AvgIpc) is 2.73. The molecule has 2 amide bonds. The third kappa shape index (κ3) is 4.95. The molecular weight excluding hydrogens is 432 g/mol. The summed E-state index contributed by atoms with van der Waals surface area (Å²) in [5, 5.41) is 7.61. The zero-order chi connectivity index (χ0) is 20.8. The highest BCUT2D eigenvalue weighted by Gasteiger charge is 2.13. The normalized spacial score (nSPS) is 10.6. The first-order valence-corrected chi connectivity index (χ1v) is 10.3. The first-order valence-electron chi connectivity index (χ1n) is 9.50. The van der Waals surface area contributed by atoms with E-state index in [1.165, 1.54) is 7.11 Å². The third-order valence-electron chi connectivity index (χ3n) is 4.60. The molecule has 3 aromatic carbocycles. The second-order valence-corrected chi connectivity index (χ2v) is 7.52. The van der Waals surface area contributed by atoms with E-state index in [2.05, 4.69) is 26.6 Å². The van der Waals surface area contributed by atoms with Gasteiger partial charge in [-0.2, -0.15) is 0 Å². The number of fused-ring (bicyclic) bond motifs is 1. The molecule has 3 aromatic rings. The second-order valence-electron chi connectivity index (χ2n) is 6.66. The van der Waals surface area contributed by atoms with Crippen molar-refractivity contribution in [2.75, 3.05) is 17.7 Å². The van der Waals surface area contributed by atoms with Crippen LogP contribution >= 0.6 is 15.9 Å². The maximum Gasteiger partial charge on any atom is 0.256 e. The predicted octanol–water partition coefficient (Wildman–Crippen LogP) is 5.99. The summed E-state index contributed by atoms with van der Waals surface area (Å²) in [7, 11) is 1.53. The van der Waals surface area contributed by atoms with Crippen molar-refractivity contribution in [2.45, 2.75) is 26.2 Å². The lowest BCUT2D eigenvalue weighted by Crippen LogP contribution is -2.14. The van der Waals surface area contributed by atoms with E-state index in [-0.39, 0.29) is 11.8 Å². The first-order chi connectivity index (χ1) is 14.0. The smallest absolute Gasteiger partial charge is 0.256 e. The van der Waals surface area contributed by atoms with Crippen molar-refractivity contribution in [1.82, 2.24) is 0 Å². The molecule has 0 saturated heterocycles. The van der Waals surface area contributed by atoms with Crippen molar-refractivity contribution >= 4 is 49.9 Å². The molecule has 0 radical (unpaired) electrons. The number of unbranched alkanes of at least 4 members (excludes halogenated alkanes) is 1. The maximum atomic E-state index is 12.9. The number of benzene rings is 3. The molecule has 0 aromatic heterocycles. The Kier molecular flexibility index (Phi) is 6.88. The predicted molar refractivity (Wildman–Crippen MR) is 121 cm³/mol. The van der Waals surface area contributed by atoms with Crippen LogP contribution in [-0.4, -0.2) is 18.9 Å². The fraction of sp³-hybridized carbons (Fsp3) is 0.217. The van der Waals surface area contributed by atoms with E-state index in [9.17, 15) is 9.59 Å². The molecule has 0 atom stereocenters. The van der Waals surface area contributed by atoms with Crippen molar-refractivity contribution in [3.8, 4) is 5.75 Å². The van der Waals surface area contributed by atoms with Gasteiger partial charge in [-0.1, -0.05) is 53.5 Å². The standard InChI is InChI=1S/C23H23BrN2O3/c1-3-4-11-22(27)26-20-13-12-15(14-21(20)29-2)25-23(28)18-9-5-8-17-16(18)7-6-10-19(17)24/h5-10,12-14H,3-4,11H2,1-2H3,(H,25,28)(H,26,27). The number of nitrogens with one attached hydrogen (secondary N) is 2. The van der Waals surface area contributed by atoms with Gasteiger partial charge in [0.25, 0.3) is 5.91 Å². The van der Waals surface area contributed by atoms with Gasteiger partial charge in [-0.3, -0.25) is 9.59 Å². The Morgan fingerprint density at radius 2 is 1.76 bits per heavy atom. The molecule has 6 heteroatoms. The van der Waals surface area contributed by atoms with Gasteiger partial charge in [0.2, 0.25) is 5.91 Å². The molecule has 0 aliphatic rings. The first kappa shape index (κ1) is 20.9. The van der Waals surface area contributed by atoms with Crippen LogP contribution in [0.3, 0.4) is 0 Å². The molecule has 5 nitrogen and oxygen atoms in total. The molecular formula is C23H23BrN2O3. The molecule has 0 bridgehead atoms. The van der Waals surface area contributed by atoms with E-state index in [0.717, 1.165) is 28.1 Å². The second kappa shape index (κ2) is 9.56. The van der Waals surface area contributed by atoms with Crippen LogP contribution in [0.2, 0.25) is 0 Å². The molecule has 0 unspecified atom stereocenters. The number of carbonyl (C=O) groups is 2. The van der Waals surface area contributed by atoms with Crippen LogP contribution in [-0.2, 0) is 4.79 Å². The zero-order valence-electron chi connectivity index (χ0n) is 16.4. The molecule has 2 N–H and O–H groups in total. The van der Waals surface area contributed by atoms with Gasteiger partial charge in [0, 0.05) is 28.2 Å². The van der Waals surface area contributed by atoms with Crippen molar-refractivity contribution in [2.24, 2.45) is 0 Å². The summed E-state index contributed by atoms with van der Waals surface area (Å²) in [5.74, 6) is 0.229. The van der Waals surface area contributed by atoms with E-state index < -0.39 is 0 Å². The number of ether oxygens (including phenoxy) is 1. The zero-order valence-corrected chi connectivity index (χ0v) is 18.0. The Bertz CT molecular complexity index is 1050. The SMILES string of the molecule is CCCCC(=O)Nc1ccc(NC(=O)c2cccc3c(Br)cccc23)cc1OC. The van der Waals surface area contributed by atoms with Gasteiger partial charge in [-0.05, 0) is 41.5 Å². The number of carbonyl (C=O) groups excluding carboxylic acids is 2. The van der Waals surface area contributed by atoms with Crippen LogP contribution in [0.5, 0.6) is 5.75 Å². The van der Waals surface area contributed by atoms with Gasteiger partial charge < -0.3 is 15.4 Å². The summed E-state index contributed by atoms with van der Waals surface area (Å²) in [4.78, 5) is 24.9. The molecule has 29 heavy (non-hydrogen) atoms. The minimum atomic E-state index is -0.213. The summed E-state index contributed by atoms with van der Waals surface area (Å²) in [6.07, 6.45) is 2.26. The minimum absolute atomic E-state index is 0.0525. The van der Waals surface area contributed by atoms with E-state index in [1.807, 2.05) is 37.3 Å². The molecule has 150 valence electrons. The lowest BCUT2D eigenvalue weighted by Gasteiger charge is -2.13. The average molecular weight is 455 g/mol. The van der Waals surface area contributed by atoms with Gasteiger partial charge >= 0.3 is 0 Å². The monoisotopic (exact) mass is 454 g/mol. The number of hydrogen-bond donors (Lipinski definition) is 2. The van der Waals surface area contributed by atoms with Crippen molar-refractivity contribution in [1.29, 1.82) is 0 Å². The number of amides is 2. The molecule has 0 aliphatic carbocycles. The summed E-state index contributed by atoms with van der Waals surface area (Å²) >= 11 is 3.53. The molecule has 0 heterocycles. The van der Waals surface area contributed by atoms with E-state index in [1.54, 1.807) is 24.3 Å². The molecule has 0 saturated carbocycles. The van der Waals surface area contributed by atoms with Gasteiger partial charge in [0.15, 0.2) is 0 Å². The number of methoxy groups -OCH3 is 1. The van der Waals surface area contributed by atoms with Crippen molar-refractivity contribution < 1.29 is 14.3 Å². The van der Waals surface area contributed by atoms with E-state index >= 15 is 0 Å². The van der Waals surface area contributed by atoms with Crippen molar-refractivity contribution in [3.63, 3.8) is 0 Å². The summed E-state index contributed by atoms with van der Waals surface area (Å²) in [5.41, 5.74) is 1.76. The fourth-order valence-corrected chi connectivity index (χ4v) is 3.59. The van der Waals surface area contributed by atoms with Crippen LogP contribution in [0, 0.1) is 0 Å².